The van der Waals surface area contributed by atoms with Crippen molar-refractivity contribution < 1.29 is 13.2 Å². The summed E-state index contributed by atoms with van der Waals surface area (Å²) in [5, 5.41) is 5.82. The first-order valence-corrected chi connectivity index (χ1v) is 8.08. The molecule has 1 aliphatic rings. The second-order valence-electron chi connectivity index (χ2n) is 4.97. The molecule has 6 nitrogen and oxygen atoms in total. The molecule has 1 amide bonds. The molecule has 3 N–H and O–H groups in total. The molecule has 1 heterocycles. The average Bonchev–Trinajstić information content (AvgIpc) is 2.38. The van der Waals surface area contributed by atoms with Crippen molar-refractivity contribution in [2.75, 3.05) is 25.5 Å². The number of carbonyl (C=O) groups is 1. The van der Waals surface area contributed by atoms with Crippen LogP contribution in [0.25, 0.3) is 0 Å². The number of rotatable bonds is 4. The van der Waals surface area contributed by atoms with Gasteiger partial charge in [0, 0.05) is 24.4 Å². The average molecular weight is 309 g/mol. The van der Waals surface area contributed by atoms with E-state index in [0.717, 1.165) is 18.7 Å². The van der Waals surface area contributed by atoms with Gasteiger partial charge in [-0.05, 0) is 44.2 Å². The van der Waals surface area contributed by atoms with E-state index in [4.69, 9.17) is 0 Å². The first kappa shape index (κ1) is 15.7. The van der Waals surface area contributed by atoms with E-state index in [1.807, 2.05) is 0 Å². The quantitative estimate of drug-likeness (QED) is 0.717. The molecule has 1 fully saturated rings. The summed E-state index contributed by atoms with van der Waals surface area (Å²) in [6.45, 7) is 4.94. The Morgan fingerprint density at radius 3 is 2.48 bits per heavy atom. The molecule has 0 unspecified atom stereocenters. The van der Waals surface area contributed by atoms with Crippen LogP contribution in [0.15, 0.2) is 34.2 Å². The third-order valence-corrected chi connectivity index (χ3v) is 5.11. The van der Waals surface area contributed by atoms with E-state index >= 15 is 0 Å². The van der Waals surface area contributed by atoms with E-state index in [2.05, 4.69) is 15.4 Å². The fraction of sp³-hybridized carbons (Fsp3) is 0.357. The third kappa shape index (κ3) is 3.31. The van der Waals surface area contributed by atoms with Crippen molar-refractivity contribution in [2.24, 2.45) is 0 Å². The molecule has 0 radical (unpaired) electrons. The normalized spacial score (nSPS) is 14.5. The Hall–Kier alpha value is -1.70. The minimum atomic E-state index is -3.54. The fourth-order valence-corrected chi connectivity index (χ4v) is 2.97. The van der Waals surface area contributed by atoms with E-state index in [1.165, 1.54) is 13.1 Å². The van der Waals surface area contributed by atoms with Crippen LogP contribution >= 0.6 is 0 Å². The molecule has 0 aliphatic carbocycles. The minimum Gasteiger partial charge on any atom is -0.322 e. The Kier molecular flexibility index (Phi) is 4.46. The van der Waals surface area contributed by atoms with Gasteiger partial charge in [-0.3, -0.25) is 4.79 Å². The van der Waals surface area contributed by atoms with Gasteiger partial charge in [0.2, 0.25) is 10.0 Å². The fourth-order valence-electron chi connectivity index (χ4n) is 1.98. The van der Waals surface area contributed by atoms with Gasteiger partial charge in [0.05, 0.1) is 4.90 Å². The predicted molar refractivity (Wildman–Crippen MR) is 81.6 cm³/mol. The Morgan fingerprint density at radius 2 is 1.95 bits per heavy atom. The summed E-state index contributed by atoms with van der Waals surface area (Å²) in [5.74, 6) is -0.205. The van der Waals surface area contributed by atoms with Gasteiger partial charge in [0.25, 0.3) is 5.91 Å². The molecule has 114 valence electrons. The van der Waals surface area contributed by atoms with Gasteiger partial charge in [0.15, 0.2) is 0 Å². The minimum absolute atomic E-state index is 0.165. The summed E-state index contributed by atoms with van der Waals surface area (Å²) in [5.41, 5.74) is 2.84. The second-order valence-corrected chi connectivity index (χ2v) is 6.83. The molecule has 2 rings (SSSR count). The maximum atomic E-state index is 12.1. The van der Waals surface area contributed by atoms with Gasteiger partial charge in [-0.1, -0.05) is 6.07 Å². The highest BCUT2D eigenvalue weighted by Gasteiger charge is 2.18. The van der Waals surface area contributed by atoms with Crippen molar-refractivity contribution in [3.8, 4) is 0 Å². The van der Waals surface area contributed by atoms with Crippen molar-refractivity contribution in [1.82, 2.24) is 10.0 Å². The molecular formula is C14H19N3O3S. The molecule has 0 spiro atoms. The SMILES string of the molecule is CNS(=O)(=O)c1cc(NC(=O)C(C)=C2CNC2)ccc1C. The Bertz CT molecular complexity index is 702. The molecule has 1 aliphatic heterocycles. The first-order chi connectivity index (χ1) is 9.85. The van der Waals surface area contributed by atoms with Crippen molar-refractivity contribution in [2.45, 2.75) is 18.7 Å². The van der Waals surface area contributed by atoms with Gasteiger partial charge in [0.1, 0.15) is 0 Å². The molecule has 0 saturated carbocycles. The zero-order valence-electron chi connectivity index (χ0n) is 12.3. The molecule has 1 saturated heterocycles. The lowest BCUT2D eigenvalue weighted by Gasteiger charge is -2.21. The highest BCUT2D eigenvalue weighted by atomic mass is 32.2. The van der Waals surface area contributed by atoms with Crippen molar-refractivity contribution in [3.63, 3.8) is 0 Å². The predicted octanol–water partition coefficient (Wildman–Crippen LogP) is 0.761. The second kappa shape index (κ2) is 5.97. The van der Waals surface area contributed by atoms with Crippen molar-refractivity contribution in [3.05, 3.63) is 34.9 Å². The Balaban J connectivity index is 2.26. The molecular weight excluding hydrogens is 290 g/mol. The molecule has 0 atom stereocenters. The van der Waals surface area contributed by atoms with Crippen LogP contribution in [0.4, 0.5) is 5.69 Å². The summed E-state index contributed by atoms with van der Waals surface area (Å²) in [4.78, 5) is 12.3. The van der Waals surface area contributed by atoms with Crippen LogP contribution in [-0.2, 0) is 14.8 Å². The van der Waals surface area contributed by atoms with Gasteiger partial charge in [-0.15, -0.1) is 0 Å². The van der Waals surface area contributed by atoms with Crippen LogP contribution in [-0.4, -0.2) is 34.5 Å². The van der Waals surface area contributed by atoms with Gasteiger partial charge < -0.3 is 10.6 Å². The lowest BCUT2D eigenvalue weighted by molar-refractivity contribution is -0.112. The number of hydrogen-bond acceptors (Lipinski definition) is 4. The molecule has 7 heteroatoms. The van der Waals surface area contributed by atoms with Crippen LogP contribution in [0.2, 0.25) is 0 Å². The molecule has 1 aromatic rings. The molecule has 1 aromatic carbocycles. The summed E-state index contributed by atoms with van der Waals surface area (Å²) in [6, 6.07) is 4.84. The van der Waals surface area contributed by atoms with Crippen LogP contribution in [0.1, 0.15) is 12.5 Å². The number of anilines is 1. The van der Waals surface area contributed by atoms with E-state index in [-0.39, 0.29) is 10.8 Å². The summed E-state index contributed by atoms with van der Waals surface area (Å²) < 4.78 is 26.1. The van der Waals surface area contributed by atoms with Crippen LogP contribution in [0.3, 0.4) is 0 Å². The number of hydrogen-bond donors (Lipinski definition) is 3. The highest BCUT2D eigenvalue weighted by molar-refractivity contribution is 7.89. The first-order valence-electron chi connectivity index (χ1n) is 6.60. The lowest BCUT2D eigenvalue weighted by atomic mass is 10.0. The van der Waals surface area contributed by atoms with Crippen LogP contribution in [0.5, 0.6) is 0 Å². The lowest BCUT2D eigenvalue weighted by Crippen LogP contribution is -2.36. The Morgan fingerprint density at radius 1 is 1.29 bits per heavy atom. The van der Waals surface area contributed by atoms with E-state index in [9.17, 15) is 13.2 Å². The molecule has 21 heavy (non-hydrogen) atoms. The summed E-state index contributed by atoms with van der Waals surface area (Å²) >= 11 is 0. The van der Waals surface area contributed by atoms with Gasteiger partial charge in [-0.25, -0.2) is 13.1 Å². The number of carbonyl (C=O) groups excluding carboxylic acids is 1. The van der Waals surface area contributed by atoms with Crippen LogP contribution in [0, 0.1) is 6.92 Å². The number of benzene rings is 1. The number of amides is 1. The Labute approximate surface area is 124 Å². The maximum absolute atomic E-state index is 12.1. The monoisotopic (exact) mass is 309 g/mol. The molecule has 0 aromatic heterocycles. The highest BCUT2D eigenvalue weighted by Crippen LogP contribution is 2.21. The largest absolute Gasteiger partial charge is 0.322 e. The van der Waals surface area contributed by atoms with Crippen molar-refractivity contribution in [1.29, 1.82) is 0 Å². The van der Waals surface area contributed by atoms with E-state index in [1.54, 1.807) is 26.0 Å². The van der Waals surface area contributed by atoms with Crippen molar-refractivity contribution >= 4 is 21.6 Å². The van der Waals surface area contributed by atoms with Gasteiger partial charge >= 0.3 is 0 Å². The molecule has 0 bridgehead atoms. The third-order valence-electron chi connectivity index (χ3n) is 3.55. The zero-order valence-corrected chi connectivity index (χ0v) is 13.1. The summed E-state index contributed by atoms with van der Waals surface area (Å²) in [6.07, 6.45) is 0. The zero-order chi connectivity index (χ0) is 15.6. The standard InChI is InChI=1S/C14H19N3O3S/c1-9-4-5-12(6-13(9)21(19,20)15-3)17-14(18)10(2)11-7-16-8-11/h4-6,15-16H,7-8H2,1-3H3,(H,17,18). The van der Waals surface area contributed by atoms with E-state index < -0.39 is 10.0 Å². The van der Waals surface area contributed by atoms with Crippen LogP contribution < -0.4 is 15.4 Å². The maximum Gasteiger partial charge on any atom is 0.251 e. The number of sulfonamides is 1. The topological polar surface area (TPSA) is 87.3 Å². The van der Waals surface area contributed by atoms with Gasteiger partial charge in [-0.2, -0.15) is 0 Å². The van der Waals surface area contributed by atoms with E-state index in [0.29, 0.717) is 16.8 Å². The summed E-state index contributed by atoms with van der Waals surface area (Å²) in [7, 11) is -2.18. The number of aryl methyl sites for hydroxylation is 1. The smallest absolute Gasteiger partial charge is 0.251 e. The number of nitrogens with one attached hydrogen (secondary N) is 3.